The molecule has 0 saturated carbocycles. The molecule has 1 heteroatoms. The van der Waals surface area contributed by atoms with E-state index in [2.05, 4.69) is 50.2 Å². The minimum atomic E-state index is 0.0821. The molecular weight excluding hydrogens is 230 g/mol. The Balaban J connectivity index is 2.44. The molecule has 0 aliphatic heterocycles. The Morgan fingerprint density at radius 2 is 1.63 bits per heavy atom. The molecule has 1 aliphatic rings. The average molecular weight is 247 g/mol. The fourth-order valence-corrected chi connectivity index (χ4v) is 3.61. The maximum absolute atomic E-state index is 9.39. The van der Waals surface area contributed by atoms with Crippen LogP contribution in [0.1, 0.15) is 43.4 Å². The number of benzene rings is 2. The third-order valence-electron chi connectivity index (χ3n) is 4.62. The van der Waals surface area contributed by atoms with Crippen molar-refractivity contribution < 1.29 is 0 Å². The van der Waals surface area contributed by atoms with Crippen LogP contribution in [0.5, 0.6) is 0 Å². The topological polar surface area (TPSA) is 23.8 Å². The molecule has 0 radical (unpaired) electrons. The summed E-state index contributed by atoms with van der Waals surface area (Å²) in [6.45, 7) is 4.49. The molecule has 1 aliphatic carbocycles. The molecule has 94 valence electrons. The van der Waals surface area contributed by atoms with E-state index in [1.807, 2.05) is 12.1 Å². The molecule has 3 rings (SSSR count). The lowest BCUT2D eigenvalue weighted by atomic mass is 9.74. The van der Waals surface area contributed by atoms with Gasteiger partial charge in [-0.15, -0.1) is 0 Å². The molecule has 2 aromatic carbocycles. The molecule has 0 atom stereocenters. The number of fused-ring (bicyclic) bond motifs is 3. The zero-order valence-electron chi connectivity index (χ0n) is 11.4. The summed E-state index contributed by atoms with van der Waals surface area (Å²) in [6, 6.07) is 17.1. The zero-order valence-corrected chi connectivity index (χ0v) is 11.4. The molecule has 2 aromatic rings. The van der Waals surface area contributed by atoms with Gasteiger partial charge in [0.15, 0.2) is 0 Å². The average Bonchev–Trinajstić information content (AvgIpc) is 2.78. The predicted octanol–water partition coefficient (Wildman–Crippen LogP) is 4.64. The highest BCUT2D eigenvalue weighted by Gasteiger charge is 2.41. The largest absolute Gasteiger partial charge is 0.192 e. The molecule has 0 saturated heterocycles. The summed E-state index contributed by atoms with van der Waals surface area (Å²) in [7, 11) is 0. The first-order chi connectivity index (χ1) is 9.28. The van der Waals surface area contributed by atoms with Gasteiger partial charge in [0.1, 0.15) is 0 Å². The smallest absolute Gasteiger partial charge is 0.0998 e. The normalized spacial score (nSPS) is 14.6. The summed E-state index contributed by atoms with van der Waals surface area (Å²) in [6.07, 6.45) is 2.14. The Labute approximate surface area is 114 Å². The SMILES string of the molecule is CCC1(CC)c2ccccc2-c2c(C#N)cccc21. The van der Waals surface area contributed by atoms with E-state index in [0.29, 0.717) is 0 Å². The highest BCUT2D eigenvalue weighted by molar-refractivity contribution is 5.85. The molecule has 0 bridgehead atoms. The predicted molar refractivity (Wildman–Crippen MR) is 78.0 cm³/mol. The quantitative estimate of drug-likeness (QED) is 0.758. The molecule has 0 heterocycles. The van der Waals surface area contributed by atoms with Crippen LogP contribution in [0, 0.1) is 11.3 Å². The minimum Gasteiger partial charge on any atom is -0.192 e. The number of hydrogen-bond donors (Lipinski definition) is 0. The van der Waals surface area contributed by atoms with Crippen LogP contribution in [-0.2, 0) is 5.41 Å². The van der Waals surface area contributed by atoms with Crippen LogP contribution in [0.3, 0.4) is 0 Å². The molecule has 0 amide bonds. The van der Waals surface area contributed by atoms with Crippen molar-refractivity contribution in [3.05, 3.63) is 59.2 Å². The van der Waals surface area contributed by atoms with E-state index >= 15 is 0 Å². The Morgan fingerprint density at radius 3 is 2.32 bits per heavy atom. The first-order valence-electron chi connectivity index (χ1n) is 6.92. The van der Waals surface area contributed by atoms with Crippen LogP contribution >= 0.6 is 0 Å². The van der Waals surface area contributed by atoms with Gasteiger partial charge < -0.3 is 0 Å². The van der Waals surface area contributed by atoms with Gasteiger partial charge in [-0.05, 0) is 35.6 Å². The fraction of sp³-hybridized carbons (Fsp3) is 0.278. The van der Waals surface area contributed by atoms with Crippen molar-refractivity contribution >= 4 is 0 Å². The molecule has 0 N–H and O–H groups in total. The molecule has 0 aromatic heterocycles. The number of hydrogen-bond acceptors (Lipinski definition) is 1. The van der Waals surface area contributed by atoms with Crippen LogP contribution in [0.25, 0.3) is 11.1 Å². The summed E-state index contributed by atoms with van der Waals surface area (Å²) < 4.78 is 0. The summed E-state index contributed by atoms with van der Waals surface area (Å²) in [4.78, 5) is 0. The lowest BCUT2D eigenvalue weighted by Gasteiger charge is -2.29. The number of nitrogens with zero attached hydrogens (tertiary/aromatic N) is 1. The van der Waals surface area contributed by atoms with Gasteiger partial charge in [-0.25, -0.2) is 0 Å². The fourth-order valence-electron chi connectivity index (χ4n) is 3.61. The van der Waals surface area contributed by atoms with Crippen molar-refractivity contribution in [1.29, 1.82) is 5.26 Å². The van der Waals surface area contributed by atoms with Crippen molar-refractivity contribution in [3.63, 3.8) is 0 Å². The summed E-state index contributed by atoms with van der Waals surface area (Å²) in [5, 5.41) is 9.39. The third-order valence-corrected chi connectivity index (χ3v) is 4.62. The molecule has 1 nitrogen and oxygen atoms in total. The van der Waals surface area contributed by atoms with Gasteiger partial charge in [0.05, 0.1) is 11.6 Å². The first-order valence-corrected chi connectivity index (χ1v) is 6.92. The highest BCUT2D eigenvalue weighted by Crippen LogP contribution is 2.53. The van der Waals surface area contributed by atoms with Crippen LogP contribution in [0.15, 0.2) is 42.5 Å². The monoisotopic (exact) mass is 247 g/mol. The van der Waals surface area contributed by atoms with Crippen LogP contribution in [0.2, 0.25) is 0 Å². The van der Waals surface area contributed by atoms with E-state index in [1.165, 1.54) is 16.7 Å². The number of nitriles is 1. The van der Waals surface area contributed by atoms with Crippen LogP contribution in [-0.4, -0.2) is 0 Å². The van der Waals surface area contributed by atoms with Gasteiger partial charge in [-0.1, -0.05) is 50.2 Å². The molecule has 0 unspecified atom stereocenters. The maximum atomic E-state index is 9.39. The van der Waals surface area contributed by atoms with Crippen molar-refractivity contribution in [1.82, 2.24) is 0 Å². The van der Waals surface area contributed by atoms with Gasteiger partial charge in [0.2, 0.25) is 0 Å². The second-order valence-electron chi connectivity index (χ2n) is 5.17. The van der Waals surface area contributed by atoms with E-state index < -0.39 is 0 Å². The Morgan fingerprint density at radius 1 is 0.947 bits per heavy atom. The van der Waals surface area contributed by atoms with E-state index in [1.54, 1.807) is 0 Å². The van der Waals surface area contributed by atoms with Gasteiger partial charge in [0, 0.05) is 11.0 Å². The van der Waals surface area contributed by atoms with Gasteiger partial charge in [-0.3, -0.25) is 0 Å². The van der Waals surface area contributed by atoms with Crippen molar-refractivity contribution in [2.45, 2.75) is 32.1 Å². The zero-order chi connectivity index (χ0) is 13.5. The maximum Gasteiger partial charge on any atom is 0.0998 e. The lowest BCUT2D eigenvalue weighted by molar-refractivity contribution is 0.490. The molecular formula is C18H17N. The standard InChI is InChI=1S/C18H17N/c1-3-18(4-2)15-10-6-5-9-14(15)17-13(12-19)8-7-11-16(17)18/h5-11H,3-4H2,1-2H3. The van der Waals surface area contributed by atoms with E-state index in [4.69, 9.17) is 0 Å². The van der Waals surface area contributed by atoms with Crippen molar-refractivity contribution in [3.8, 4) is 17.2 Å². The summed E-state index contributed by atoms with van der Waals surface area (Å²) in [5.74, 6) is 0. The minimum absolute atomic E-state index is 0.0821. The second kappa shape index (κ2) is 4.24. The summed E-state index contributed by atoms with van der Waals surface area (Å²) >= 11 is 0. The second-order valence-corrected chi connectivity index (χ2v) is 5.17. The van der Waals surface area contributed by atoms with E-state index in [9.17, 15) is 5.26 Å². The van der Waals surface area contributed by atoms with Gasteiger partial charge >= 0.3 is 0 Å². The van der Waals surface area contributed by atoms with E-state index in [0.717, 1.165) is 24.0 Å². The van der Waals surface area contributed by atoms with Crippen molar-refractivity contribution in [2.75, 3.05) is 0 Å². The molecule has 19 heavy (non-hydrogen) atoms. The molecule has 0 spiro atoms. The van der Waals surface area contributed by atoms with E-state index in [-0.39, 0.29) is 5.41 Å². The van der Waals surface area contributed by atoms with Gasteiger partial charge in [-0.2, -0.15) is 5.26 Å². The first kappa shape index (κ1) is 12.0. The highest BCUT2D eigenvalue weighted by atomic mass is 14.4. The Hall–Kier alpha value is -2.07. The summed E-state index contributed by atoms with van der Waals surface area (Å²) in [5.41, 5.74) is 6.01. The molecule has 0 fully saturated rings. The van der Waals surface area contributed by atoms with Crippen LogP contribution < -0.4 is 0 Å². The Kier molecular flexibility index (Phi) is 2.68. The number of rotatable bonds is 2. The van der Waals surface area contributed by atoms with Gasteiger partial charge in [0.25, 0.3) is 0 Å². The Bertz CT molecular complexity index is 672. The third kappa shape index (κ3) is 1.40. The van der Waals surface area contributed by atoms with Crippen molar-refractivity contribution in [2.24, 2.45) is 0 Å². The lowest BCUT2D eigenvalue weighted by Crippen LogP contribution is -2.22. The van der Waals surface area contributed by atoms with Crippen LogP contribution in [0.4, 0.5) is 0 Å².